The Balaban J connectivity index is 1.68. The smallest absolute Gasteiger partial charge is 0.0595 e. The normalized spacial score (nSPS) is 31.4. The molecule has 100 valence electrons. The summed E-state index contributed by atoms with van der Waals surface area (Å²) in [7, 11) is 1.85. The molecule has 2 aliphatic rings. The predicted molar refractivity (Wildman–Crippen MR) is 71.3 cm³/mol. The molecular weight excluding hydrogens is 212 g/mol. The minimum atomic E-state index is 0.517. The number of rotatable bonds is 6. The highest BCUT2D eigenvalue weighted by Gasteiger charge is 2.36. The number of methoxy groups -OCH3 is 1. The number of likely N-dealkylation sites (tertiary alicyclic amines) is 1. The van der Waals surface area contributed by atoms with Crippen LogP contribution in [0, 0.1) is 5.92 Å². The van der Waals surface area contributed by atoms with Gasteiger partial charge in [0.1, 0.15) is 0 Å². The largest absolute Gasteiger partial charge is 0.381 e. The van der Waals surface area contributed by atoms with Crippen LogP contribution in [-0.4, -0.2) is 50.3 Å². The summed E-state index contributed by atoms with van der Waals surface area (Å²) in [5.74, 6) is 0.903. The fourth-order valence-electron chi connectivity index (χ4n) is 3.18. The van der Waals surface area contributed by atoms with Crippen LogP contribution in [0.5, 0.6) is 0 Å². The summed E-state index contributed by atoms with van der Waals surface area (Å²) in [6.07, 6.45) is 7.05. The average Bonchev–Trinajstić information content (AvgIpc) is 2.34. The van der Waals surface area contributed by atoms with E-state index in [0.717, 1.165) is 12.0 Å². The van der Waals surface area contributed by atoms with Crippen molar-refractivity contribution in [2.45, 2.75) is 51.2 Å². The van der Waals surface area contributed by atoms with Gasteiger partial charge in [-0.1, -0.05) is 6.92 Å². The van der Waals surface area contributed by atoms with Gasteiger partial charge in [-0.05, 0) is 51.1 Å². The number of hydrogen-bond donors (Lipinski definition) is 1. The maximum absolute atomic E-state index is 5.44. The molecule has 0 aromatic rings. The molecule has 1 N–H and O–H groups in total. The lowest BCUT2D eigenvalue weighted by Gasteiger charge is -2.47. The van der Waals surface area contributed by atoms with Gasteiger partial charge in [0, 0.05) is 26.2 Å². The van der Waals surface area contributed by atoms with E-state index in [9.17, 15) is 0 Å². The van der Waals surface area contributed by atoms with Crippen LogP contribution < -0.4 is 5.32 Å². The maximum atomic E-state index is 5.44. The lowest BCUT2D eigenvalue weighted by molar-refractivity contribution is -0.00850. The van der Waals surface area contributed by atoms with Gasteiger partial charge in [0.05, 0.1) is 6.10 Å². The van der Waals surface area contributed by atoms with Gasteiger partial charge in [-0.2, -0.15) is 0 Å². The van der Waals surface area contributed by atoms with Crippen molar-refractivity contribution in [3.8, 4) is 0 Å². The number of piperidine rings is 1. The fraction of sp³-hybridized carbons (Fsp3) is 1.00. The third-order valence-corrected chi connectivity index (χ3v) is 4.49. The van der Waals surface area contributed by atoms with Crippen molar-refractivity contribution in [1.29, 1.82) is 0 Å². The van der Waals surface area contributed by atoms with Gasteiger partial charge >= 0.3 is 0 Å². The molecule has 1 aliphatic carbocycles. The van der Waals surface area contributed by atoms with Crippen LogP contribution in [-0.2, 0) is 4.74 Å². The molecule has 17 heavy (non-hydrogen) atoms. The van der Waals surface area contributed by atoms with Crippen LogP contribution in [0.2, 0.25) is 0 Å². The number of ether oxygens (including phenoxy) is 1. The van der Waals surface area contributed by atoms with Crippen molar-refractivity contribution in [2.24, 2.45) is 5.92 Å². The average molecular weight is 240 g/mol. The van der Waals surface area contributed by atoms with Gasteiger partial charge < -0.3 is 10.1 Å². The Morgan fingerprint density at radius 2 is 1.94 bits per heavy atom. The van der Waals surface area contributed by atoms with Crippen molar-refractivity contribution in [3.63, 3.8) is 0 Å². The van der Waals surface area contributed by atoms with Crippen molar-refractivity contribution in [3.05, 3.63) is 0 Å². The Morgan fingerprint density at radius 1 is 1.18 bits per heavy atom. The van der Waals surface area contributed by atoms with Crippen LogP contribution in [0.15, 0.2) is 0 Å². The monoisotopic (exact) mass is 240 g/mol. The first-order valence-electron chi connectivity index (χ1n) is 7.32. The summed E-state index contributed by atoms with van der Waals surface area (Å²) in [6, 6.07) is 0.858. The highest BCUT2D eigenvalue weighted by atomic mass is 16.5. The van der Waals surface area contributed by atoms with E-state index in [0.29, 0.717) is 6.10 Å². The van der Waals surface area contributed by atoms with Gasteiger partial charge in [0.25, 0.3) is 0 Å². The third-order valence-electron chi connectivity index (χ3n) is 4.49. The molecule has 2 atom stereocenters. The van der Waals surface area contributed by atoms with Crippen LogP contribution in [0.1, 0.15) is 39.0 Å². The summed E-state index contributed by atoms with van der Waals surface area (Å²) >= 11 is 0. The summed E-state index contributed by atoms with van der Waals surface area (Å²) in [6.45, 7) is 7.12. The molecule has 0 aromatic heterocycles. The van der Waals surface area contributed by atoms with E-state index in [-0.39, 0.29) is 0 Å². The van der Waals surface area contributed by atoms with E-state index >= 15 is 0 Å². The third kappa shape index (κ3) is 3.43. The Hall–Kier alpha value is -0.120. The number of nitrogens with one attached hydrogen (secondary N) is 1. The molecule has 0 bridgehead atoms. The molecule has 0 amide bonds. The van der Waals surface area contributed by atoms with Crippen LogP contribution in [0.25, 0.3) is 0 Å². The molecular formula is C14H28N2O. The Labute approximate surface area is 106 Å². The second-order valence-corrected chi connectivity index (χ2v) is 5.58. The molecule has 0 aromatic carbocycles. The lowest BCUT2D eigenvalue weighted by atomic mass is 9.77. The molecule has 2 rings (SSSR count). The molecule has 0 spiro atoms. The Morgan fingerprint density at radius 3 is 2.47 bits per heavy atom. The van der Waals surface area contributed by atoms with E-state index in [2.05, 4.69) is 17.1 Å². The molecule has 1 aliphatic heterocycles. The van der Waals surface area contributed by atoms with Gasteiger partial charge in [-0.3, -0.25) is 4.90 Å². The topological polar surface area (TPSA) is 24.5 Å². The second kappa shape index (κ2) is 6.72. The summed E-state index contributed by atoms with van der Waals surface area (Å²) < 4.78 is 5.44. The predicted octanol–water partition coefficient (Wildman–Crippen LogP) is 1.88. The zero-order valence-corrected chi connectivity index (χ0v) is 11.5. The highest BCUT2D eigenvalue weighted by Crippen LogP contribution is 2.33. The van der Waals surface area contributed by atoms with E-state index in [4.69, 9.17) is 4.74 Å². The highest BCUT2D eigenvalue weighted by molar-refractivity contribution is 4.91. The van der Waals surface area contributed by atoms with Crippen molar-refractivity contribution in [2.75, 3.05) is 33.3 Å². The second-order valence-electron chi connectivity index (χ2n) is 5.58. The Kier molecular flexibility index (Phi) is 5.26. The zero-order valence-electron chi connectivity index (χ0n) is 11.5. The minimum Gasteiger partial charge on any atom is -0.381 e. The van der Waals surface area contributed by atoms with E-state index in [1.54, 1.807) is 0 Å². The molecule has 2 fully saturated rings. The molecule has 0 radical (unpaired) electrons. The molecule has 3 nitrogen and oxygen atoms in total. The standard InChI is InChI=1S/C14H28N2O/c1-3-8-15-11-12-4-5-14(12)16-9-6-13(17-2)7-10-16/h12-15H,3-11H2,1-2H3. The first-order valence-corrected chi connectivity index (χ1v) is 7.32. The summed E-state index contributed by atoms with van der Waals surface area (Å²) in [5, 5.41) is 3.57. The number of hydrogen-bond acceptors (Lipinski definition) is 3. The zero-order chi connectivity index (χ0) is 12.1. The van der Waals surface area contributed by atoms with E-state index in [1.165, 1.54) is 58.3 Å². The van der Waals surface area contributed by atoms with Crippen molar-refractivity contribution in [1.82, 2.24) is 10.2 Å². The summed E-state index contributed by atoms with van der Waals surface area (Å²) in [4.78, 5) is 2.71. The van der Waals surface area contributed by atoms with E-state index < -0.39 is 0 Å². The van der Waals surface area contributed by atoms with E-state index in [1.807, 2.05) is 7.11 Å². The molecule has 1 saturated carbocycles. The van der Waals surface area contributed by atoms with Crippen molar-refractivity contribution < 1.29 is 4.74 Å². The first-order chi connectivity index (χ1) is 8.35. The minimum absolute atomic E-state index is 0.517. The van der Waals surface area contributed by atoms with Gasteiger partial charge in [-0.25, -0.2) is 0 Å². The van der Waals surface area contributed by atoms with Gasteiger partial charge in [-0.15, -0.1) is 0 Å². The molecule has 1 saturated heterocycles. The van der Waals surface area contributed by atoms with Gasteiger partial charge in [0.2, 0.25) is 0 Å². The van der Waals surface area contributed by atoms with Crippen LogP contribution in [0.4, 0.5) is 0 Å². The maximum Gasteiger partial charge on any atom is 0.0595 e. The molecule has 2 unspecified atom stereocenters. The summed E-state index contributed by atoms with van der Waals surface area (Å²) in [5.41, 5.74) is 0. The van der Waals surface area contributed by atoms with Crippen LogP contribution >= 0.6 is 0 Å². The quantitative estimate of drug-likeness (QED) is 0.717. The molecule has 1 heterocycles. The lowest BCUT2D eigenvalue weighted by Crippen LogP contribution is -2.53. The SMILES string of the molecule is CCCNCC1CCC1N1CCC(OC)CC1. The first kappa shape index (κ1) is 13.3. The number of nitrogens with zero attached hydrogens (tertiary/aromatic N) is 1. The van der Waals surface area contributed by atoms with Crippen LogP contribution in [0.3, 0.4) is 0 Å². The molecule has 3 heteroatoms. The fourth-order valence-corrected chi connectivity index (χ4v) is 3.18. The van der Waals surface area contributed by atoms with Crippen molar-refractivity contribution >= 4 is 0 Å². The Bertz CT molecular complexity index is 214. The van der Waals surface area contributed by atoms with Gasteiger partial charge in [0.15, 0.2) is 0 Å².